The maximum absolute atomic E-state index is 13.2. The fourth-order valence-electron chi connectivity index (χ4n) is 4.65. The molecule has 0 radical (unpaired) electrons. The molecule has 0 saturated heterocycles. The number of carbonyl (C=O) groups is 1. The Balaban J connectivity index is 1.37. The van der Waals surface area contributed by atoms with Gasteiger partial charge in [-0.2, -0.15) is 0 Å². The standard InChI is InChI=1S/C27H22N2O4/c30-18-9-5-16(6-10-18)7-11-23(31)22-14-20-19-3-1-2-4-21(19)28-27(20)26(29-22)17-8-12-24-25(13-17)33-15-32-24/h1-13,22,26,28-30H,14-15H2. The lowest BCUT2D eigenvalue weighted by Crippen LogP contribution is -2.44. The van der Waals surface area contributed by atoms with Gasteiger partial charge in [-0.15, -0.1) is 0 Å². The highest BCUT2D eigenvalue weighted by Crippen LogP contribution is 2.39. The van der Waals surface area contributed by atoms with Crippen LogP contribution < -0.4 is 14.8 Å². The SMILES string of the molecule is O=C(C=Cc1ccc(O)cc1)C1Cc2c([nH]c3ccccc23)C(c2ccc3c(c2)OCO3)N1. The fraction of sp³-hybridized carbons (Fsp3) is 0.148. The molecule has 2 aliphatic rings. The van der Waals surface area contributed by atoms with Crippen molar-refractivity contribution < 1.29 is 19.4 Å². The van der Waals surface area contributed by atoms with Gasteiger partial charge in [-0.3, -0.25) is 10.1 Å². The molecule has 0 bridgehead atoms. The number of aromatic hydroxyl groups is 1. The molecule has 2 atom stereocenters. The van der Waals surface area contributed by atoms with Crippen molar-refractivity contribution in [3.63, 3.8) is 0 Å². The van der Waals surface area contributed by atoms with Crippen molar-refractivity contribution in [1.82, 2.24) is 10.3 Å². The number of hydrogen-bond acceptors (Lipinski definition) is 5. The summed E-state index contributed by atoms with van der Waals surface area (Å²) >= 11 is 0. The Morgan fingerprint density at radius 1 is 1.00 bits per heavy atom. The summed E-state index contributed by atoms with van der Waals surface area (Å²) in [5, 5.41) is 14.2. The Bertz CT molecular complexity index is 1390. The molecule has 6 rings (SSSR count). The molecule has 1 aromatic heterocycles. The molecule has 4 aromatic rings. The molecule has 2 aliphatic heterocycles. The van der Waals surface area contributed by atoms with E-state index < -0.39 is 0 Å². The molecule has 0 amide bonds. The third-order valence-corrected chi connectivity index (χ3v) is 6.32. The Morgan fingerprint density at radius 2 is 1.82 bits per heavy atom. The number of phenolic OH excluding ortho intramolecular Hbond substituents is 1. The van der Waals surface area contributed by atoms with Gasteiger partial charge in [0.1, 0.15) is 5.75 Å². The molecule has 33 heavy (non-hydrogen) atoms. The highest BCUT2D eigenvalue weighted by atomic mass is 16.7. The van der Waals surface area contributed by atoms with E-state index in [9.17, 15) is 9.90 Å². The molecular weight excluding hydrogens is 416 g/mol. The predicted octanol–water partition coefficient (Wildman–Crippen LogP) is 4.49. The number of hydrogen-bond donors (Lipinski definition) is 3. The lowest BCUT2D eigenvalue weighted by Gasteiger charge is -2.30. The maximum atomic E-state index is 13.2. The average molecular weight is 438 g/mol. The third-order valence-electron chi connectivity index (χ3n) is 6.32. The Labute approximate surface area is 190 Å². The average Bonchev–Trinajstić information content (AvgIpc) is 3.47. The van der Waals surface area contributed by atoms with Crippen molar-refractivity contribution in [2.45, 2.75) is 18.5 Å². The normalized spacial score (nSPS) is 19.2. The molecule has 3 N–H and O–H groups in total. The van der Waals surface area contributed by atoms with E-state index in [1.807, 2.05) is 30.3 Å². The van der Waals surface area contributed by atoms with E-state index >= 15 is 0 Å². The van der Waals surface area contributed by atoms with E-state index in [1.54, 1.807) is 36.4 Å². The van der Waals surface area contributed by atoms with Crippen LogP contribution in [0, 0.1) is 0 Å². The van der Waals surface area contributed by atoms with Crippen LogP contribution in [0.2, 0.25) is 0 Å². The molecule has 6 heteroatoms. The quantitative estimate of drug-likeness (QED) is 0.409. The van der Waals surface area contributed by atoms with Crippen LogP contribution >= 0.6 is 0 Å². The van der Waals surface area contributed by atoms with Gasteiger partial charge in [0.25, 0.3) is 0 Å². The predicted molar refractivity (Wildman–Crippen MR) is 125 cm³/mol. The van der Waals surface area contributed by atoms with E-state index in [0.29, 0.717) is 12.2 Å². The van der Waals surface area contributed by atoms with Gasteiger partial charge in [0.2, 0.25) is 6.79 Å². The van der Waals surface area contributed by atoms with Crippen molar-refractivity contribution in [1.29, 1.82) is 0 Å². The van der Waals surface area contributed by atoms with Crippen LogP contribution in [0.5, 0.6) is 17.2 Å². The summed E-state index contributed by atoms with van der Waals surface area (Å²) in [6.07, 6.45) is 3.99. The van der Waals surface area contributed by atoms with Crippen LogP contribution in [-0.2, 0) is 11.2 Å². The zero-order chi connectivity index (χ0) is 22.4. The number of carbonyl (C=O) groups excluding carboxylic acids is 1. The maximum Gasteiger partial charge on any atom is 0.231 e. The Morgan fingerprint density at radius 3 is 2.70 bits per heavy atom. The first-order chi connectivity index (χ1) is 16.2. The van der Waals surface area contributed by atoms with Crippen LogP contribution in [0.3, 0.4) is 0 Å². The van der Waals surface area contributed by atoms with Crippen LogP contribution in [0.15, 0.2) is 72.8 Å². The summed E-state index contributed by atoms with van der Waals surface area (Å²) in [4.78, 5) is 16.8. The molecular formula is C27H22N2O4. The first kappa shape index (κ1) is 19.6. The van der Waals surface area contributed by atoms with Crippen molar-refractivity contribution >= 4 is 22.8 Å². The molecule has 164 valence electrons. The molecule has 0 aliphatic carbocycles. The summed E-state index contributed by atoms with van der Waals surface area (Å²) < 4.78 is 11.1. The van der Waals surface area contributed by atoms with E-state index in [0.717, 1.165) is 39.0 Å². The number of ketones is 1. The van der Waals surface area contributed by atoms with Gasteiger partial charge in [0.15, 0.2) is 17.3 Å². The summed E-state index contributed by atoms with van der Waals surface area (Å²) in [5.41, 5.74) is 5.15. The van der Waals surface area contributed by atoms with Gasteiger partial charge in [0, 0.05) is 16.6 Å². The second kappa shape index (κ2) is 7.83. The van der Waals surface area contributed by atoms with Gasteiger partial charge in [-0.05, 0) is 59.5 Å². The molecule has 0 spiro atoms. The summed E-state index contributed by atoms with van der Waals surface area (Å²) in [5.74, 6) is 1.65. The van der Waals surface area contributed by atoms with Crippen LogP contribution in [0.1, 0.15) is 28.4 Å². The number of para-hydroxylation sites is 1. The van der Waals surface area contributed by atoms with E-state index in [-0.39, 0.29) is 30.4 Å². The number of aromatic amines is 1. The minimum atomic E-state index is -0.375. The highest BCUT2D eigenvalue weighted by Gasteiger charge is 2.33. The number of nitrogens with one attached hydrogen (secondary N) is 2. The molecule has 3 heterocycles. The fourth-order valence-corrected chi connectivity index (χ4v) is 4.65. The number of ether oxygens (including phenoxy) is 2. The van der Waals surface area contributed by atoms with Crippen molar-refractivity contribution in [2.24, 2.45) is 0 Å². The van der Waals surface area contributed by atoms with Gasteiger partial charge in [-0.25, -0.2) is 0 Å². The van der Waals surface area contributed by atoms with E-state index in [1.165, 1.54) is 0 Å². The highest BCUT2D eigenvalue weighted by molar-refractivity contribution is 5.99. The van der Waals surface area contributed by atoms with E-state index in [2.05, 4.69) is 22.4 Å². The Hall–Kier alpha value is -4.03. The largest absolute Gasteiger partial charge is 0.508 e. The number of benzene rings is 3. The topological polar surface area (TPSA) is 83.6 Å². The first-order valence-corrected chi connectivity index (χ1v) is 10.9. The minimum absolute atomic E-state index is 0.00440. The summed E-state index contributed by atoms with van der Waals surface area (Å²) in [6.45, 7) is 0.220. The second-order valence-electron chi connectivity index (χ2n) is 8.36. The number of fused-ring (bicyclic) bond motifs is 4. The Kier molecular flexibility index (Phi) is 4.66. The first-order valence-electron chi connectivity index (χ1n) is 10.9. The molecule has 6 nitrogen and oxygen atoms in total. The number of rotatable bonds is 4. The third kappa shape index (κ3) is 3.54. The van der Waals surface area contributed by atoms with Gasteiger partial charge in [0.05, 0.1) is 12.1 Å². The van der Waals surface area contributed by atoms with Crippen LogP contribution in [0.25, 0.3) is 17.0 Å². The van der Waals surface area contributed by atoms with E-state index in [4.69, 9.17) is 9.47 Å². The van der Waals surface area contributed by atoms with Gasteiger partial charge >= 0.3 is 0 Å². The summed E-state index contributed by atoms with van der Waals surface area (Å²) in [6, 6.07) is 20.3. The number of aromatic nitrogens is 1. The lowest BCUT2D eigenvalue weighted by molar-refractivity contribution is -0.116. The zero-order valence-corrected chi connectivity index (χ0v) is 17.7. The van der Waals surface area contributed by atoms with Crippen molar-refractivity contribution in [2.75, 3.05) is 6.79 Å². The smallest absolute Gasteiger partial charge is 0.231 e. The summed E-state index contributed by atoms with van der Waals surface area (Å²) in [7, 11) is 0. The number of H-pyrrole nitrogens is 1. The molecule has 0 fully saturated rings. The van der Waals surface area contributed by atoms with Gasteiger partial charge in [-0.1, -0.05) is 42.5 Å². The molecule has 0 saturated carbocycles. The van der Waals surface area contributed by atoms with Gasteiger partial charge < -0.3 is 19.6 Å². The second-order valence-corrected chi connectivity index (χ2v) is 8.36. The van der Waals surface area contributed by atoms with Crippen molar-refractivity contribution in [3.05, 3.63) is 95.2 Å². The molecule has 2 unspecified atom stereocenters. The minimum Gasteiger partial charge on any atom is -0.508 e. The lowest BCUT2D eigenvalue weighted by atomic mass is 9.88. The number of phenols is 1. The van der Waals surface area contributed by atoms with Crippen molar-refractivity contribution in [3.8, 4) is 17.2 Å². The molecule has 3 aromatic carbocycles. The monoisotopic (exact) mass is 438 g/mol. The van der Waals surface area contributed by atoms with Crippen LogP contribution in [-0.4, -0.2) is 28.7 Å². The zero-order valence-electron chi connectivity index (χ0n) is 17.7. The van der Waals surface area contributed by atoms with Crippen LogP contribution in [0.4, 0.5) is 0 Å².